The average Bonchev–Trinajstić information content (AvgIpc) is 3.08. The van der Waals surface area contributed by atoms with Gasteiger partial charge < -0.3 is 14.6 Å². The number of hydrogen-bond donors (Lipinski definition) is 1. The van der Waals surface area contributed by atoms with Gasteiger partial charge in [0.1, 0.15) is 11.6 Å². The zero-order valence-corrected chi connectivity index (χ0v) is 19.0. The molecular formula is C26H33N3O2. The predicted octanol–water partition coefficient (Wildman–Crippen LogP) is 5.04. The maximum atomic E-state index is 11.7. The number of aromatic nitrogens is 2. The minimum Gasteiger partial charge on any atom is -0.494 e. The predicted molar refractivity (Wildman–Crippen MR) is 127 cm³/mol. The number of aryl methyl sites for hydroxylation is 1. The summed E-state index contributed by atoms with van der Waals surface area (Å²) in [5.41, 5.74) is 3.54. The standard InChI is InChI=1S/C26H33N3O2/c1-5-9-25(30)27-17-16-24-28-22-10-6-7-11-23(22)29(24)18-8-19-31-21-14-12-20(13-15-21)26(2,3)4/h5-7,9-15H,8,16-19H2,1-4H3,(H,27,30)/b9-5+. The molecule has 2 aromatic carbocycles. The van der Waals surface area contributed by atoms with E-state index in [1.165, 1.54) is 11.6 Å². The summed E-state index contributed by atoms with van der Waals surface area (Å²) >= 11 is 0. The summed E-state index contributed by atoms with van der Waals surface area (Å²) in [7, 11) is 0. The molecule has 0 radical (unpaired) electrons. The fraction of sp³-hybridized carbons (Fsp3) is 0.385. The molecule has 0 bridgehead atoms. The van der Waals surface area contributed by atoms with E-state index in [1.54, 1.807) is 6.08 Å². The Labute approximate surface area is 185 Å². The lowest BCUT2D eigenvalue weighted by molar-refractivity contribution is -0.116. The number of ether oxygens (including phenoxy) is 1. The number of amides is 1. The van der Waals surface area contributed by atoms with Crippen molar-refractivity contribution in [1.82, 2.24) is 14.9 Å². The van der Waals surface area contributed by atoms with Crippen LogP contribution in [0.1, 0.15) is 45.5 Å². The van der Waals surface area contributed by atoms with Crippen LogP contribution in [0.5, 0.6) is 5.75 Å². The smallest absolute Gasteiger partial charge is 0.243 e. The quantitative estimate of drug-likeness (QED) is 0.391. The molecule has 0 fully saturated rings. The number of nitrogens with zero attached hydrogens (tertiary/aromatic N) is 2. The first-order valence-electron chi connectivity index (χ1n) is 11.0. The lowest BCUT2D eigenvalue weighted by Gasteiger charge is -2.19. The van der Waals surface area contributed by atoms with Crippen molar-refractivity contribution in [3.8, 4) is 5.75 Å². The van der Waals surface area contributed by atoms with Crippen LogP contribution in [0.15, 0.2) is 60.7 Å². The third-order valence-corrected chi connectivity index (χ3v) is 5.21. The van der Waals surface area contributed by atoms with Crippen LogP contribution in [0.25, 0.3) is 11.0 Å². The number of fused-ring (bicyclic) bond motifs is 1. The number of rotatable bonds is 9. The van der Waals surface area contributed by atoms with Crippen LogP contribution in [0.2, 0.25) is 0 Å². The molecule has 31 heavy (non-hydrogen) atoms. The first-order chi connectivity index (χ1) is 14.9. The van der Waals surface area contributed by atoms with Crippen LogP contribution in [-0.2, 0) is 23.2 Å². The van der Waals surface area contributed by atoms with Crippen molar-refractivity contribution in [3.63, 3.8) is 0 Å². The monoisotopic (exact) mass is 419 g/mol. The summed E-state index contributed by atoms with van der Waals surface area (Å²) in [5, 5.41) is 2.90. The maximum Gasteiger partial charge on any atom is 0.243 e. The zero-order valence-electron chi connectivity index (χ0n) is 19.0. The molecular weight excluding hydrogens is 386 g/mol. The molecule has 0 saturated carbocycles. The molecule has 0 saturated heterocycles. The number of allylic oxidation sites excluding steroid dienone is 1. The van der Waals surface area contributed by atoms with E-state index in [-0.39, 0.29) is 11.3 Å². The van der Waals surface area contributed by atoms with E-state index >= 15 is 0 Å². The highest BCUT2D eigenvalue weighted by Crippen LogP contribution is 2.24. The second kappa shape index (κ2) is 10.3. The average molecular weight is 420 g/mol. The maximum absolute atomic E-state index is 11.7. The third kappa shape index (κ3) is 6.20. The third-order valence-electron chi connectivity index (χ3n) is 5.21. The summed E-state index contributed by atoms with van der Waals surface area (Å²) in [6, 6.07) is 16.5. The van der Waals surface area contributed by atoms with E-state index in [2.05, 4.69) is 48.9 Å². The van der Waals surface area contributed by atoms with Crippen LogP contribution in [0.3, 0.4) is 0 Å². The van der Waals surface area contributed by atoms with Crippen molar-refractivity contribution in [1.29, 1.82) is 0 Å². The molecule has 1 amide bonds. The molecule has 0 aliphatic rings. The highest BCUT2D eigenvalue weighted by atomic mass is 16.5. The summed E-state index contributed by atoms with van der Waals surface area (Å²) < 4.78 is 8.20. The Kier molecular flexibility index (Phi) is 7.50. The molecule has 0 spiro atoms. The van der Waals surface area contributed by atoms with Crippen LogP contribution in [-0.4, -0.2) is 28.6 Å². The van der Waals surface area contributed by atoms with E-state index < -0.39 is 0 Å². The number of carbonyl (C=O) groups excluding carboxylic acids is 1. The number of nitrogens with one attached hydrogen (secondary N) is 1. The van der Waals surface area contributed by atoms with Crippen molar-refractivity contribution < 1.29 is 9.53 Å². The summed E-state index contributed by atoms with van der Waals surface area (Å²) in [6.45, 7) is 10.5. The molecule has 1 aromatic heterocycles. The van der Waals surface area contributed by atoms with Crippen LogP contribution < -0.4 is 10.1 Å². The molecule has 5 nitrogen and oxygen atoms in total. The highest BCUT2D eigenvalue weighted by Gasteiger charge is 2.13. The molecule has 164 valence electrons. The Bertz CT molecular complexity index is 1030. The Balaban J connectivity index is 1.59. The van der Waals surface area contributed by atoms with Crippen LogP contribution in [0, 0.1) is 0 Å². The molecule has 0 aliphatic carbocycles. The van der Waals surface area contributed by atoms with Crippen molar-refractivity contribution in [2.45, 2.75) is 52.5 Å². The first-order valence-corrected chi connectivity index (χ1v) is 11.0. The van der Waals surface area contributed by atoms with Gasteiger partial charge in [-0.05, 0) is 54.7 Å². The Hall–Kier alpha value is -3.08. The number of para-hydroxylation sites is 2. The number of benzene rings is 2. The fourth-order valence-electron chi connectivity index (χ4n) is 3.54. The van der Waals surface area contributed by atoms with Gasteiger partial charge in [0.25, 0.3) is 0 Å². The second-order valence-corrected chi connectivity index (χ2v) is 8.69. The van der Waals surface area contributed by atoms with Gasteiger partial charge in [-0.25, -0.2) is 4.98 Å². The normalized spacial score (nSPS) is 11.9. The van der Waals surface area contributed by atoms with Gasteiger partial charge in [-0.3, -0.25) is 4.79 Å². The van der Waals surface area contributed by atoms with E-state index in [9.17, 15) is 4.79 Å². The molecule has 0 atom stereocenters. The van der Waals surface area contributed by atoms with Gasteiger partial charge in [-0.2, -0.15) is 0 Å². The van der Waals surface area contributed by atoms with Crippen LogP contribution in [0.4, 0.5) is 0 Å². The van der Waals surface area contributed by atoms with Crippen molar-refractivity contribution >= 4 is 16.9 Å². The van der Waals surface area contributed by atoms with E-state index in [1.807, 2.05) is 37.3 Å². The molecule has 1 N–H and O–H groups in total. The second-order valence-electron chi connectivity index (χ2n) is 8.69. The number of carbonyl (C=O) groups is 1. The lowest BCUT2D eigenvalue weighted by atomic mass is 9.87. The van der Waals surface area contributed by atoms with Crippen molar-refractivity contribution in [3.05, 3.63) is 72.1 Å². The molecule has 0 unspecified atom stereocenters. The Morgan fingerprint density at radius 3 is 2.58 bits per heavy atom. The van der Waals surface area contributed by atoms with Crippen LogP contribution >= 0.6 is 0 Å². The van der Waals surface area contributed by atoms with Crippen molar-refractivity contribution in [2.24, 2.45) is 0 Å². The number of imidazole rings is 1. The minimum atomic E-state index is -0.0731. The van der Waals surface area contributed by atoms with Gasteiger partial charge in [0.15, 0.2) is 0 Å². The van der Waals surface area contributed by atoms with Gasteiger partial charge in [0.05, 0.1) is 17.6 Å². The summed E-state index contributed by atoms with van der Waals surface area (Å²) in [5.74, 6) is 1.81. The summed E-state index contributed by atoms with van der Waals surface area (Å²) in [4.78, 5) is 16.4. The van der Waals surface area contributed by atoms with Gasteiger partial charge in [-0.15, -0.1) is 0 Å². The van der Waals surface area contributed by atoms with Crippen molar-refractivity contribution in [2.75, 3.05) is 13.2 Å². The molecule has 3 rings (SSSR count). The Morgan fingerprint density at radius 1 is 1.13 bits per heavy atom. The SMILES string of the molecule is C/C=C/C(=O)NCCc1nc2ccccc2n1CCCOc1ccc(C(C)(C)C)cc1. The van der Waals surface area contributed by atoms with Gasteiger partial charge in [0, 0.05) is 19.5 Å². The minimum absolute atomic E-state index is 0.0731. The number of hydrogen-bond acceptors (Lipinski definition) is 3. The van der Waals surface area contributed by atoms with Gasteiger partial charge >= 0.3 is 0 Å². The van der Waals surface area contributed by atoms with E-state index in [4.69, 9.17) is 9.72 Å². The zero-order chi connectivity index (χ0) is 22.3. The molecule has 5 heteroatoms. The fourth-order valence-corrected chi connectivity index (χ4v) is 3.54. The molecule has 3 aromatic rings. The van der Waals surface area contributed by atoms with Gasteiger partial charge in [-0.1, -0.05) is 51.1 Å². The Morgan fingerprint density at radius 2 is 1.87 bits per heavy atom. The highest BCUT2D eigenvalue weighted by molar-refractivity contribution is 5.87. The van der Waals surface area contributed by atoms with E-state index in [0.29, 0.717) is 19.6 Å². The van der Waals surface area contributed by atoms with Gasteiger partial charge in [0.2, 0.25) is 5.91 Å². The first kappa shape index (κ1) is 22.6. The van der Waals surface area contributed by atoms with E-state index in [0.717, 1.165) is 35.6 Å². The largest absolute Gasteiger partial charge is 0.494 e. The molecule has 1 heterocycles. The molecule has 0 aliphatic heterocycles. The topological polar surface area (TPSA) is 56.2 Å². The lowest BCUT2D eigenvalue weighted by Crippen LogP contribution is -2.24. The summed E-state index contributed by atoms with van der Waals surface area (Å²) in [6.07, 6.45) is 4.84.